The fourth-order valence-corrected chi connectivity index (χ4v) is 10.0. The molecule has 2 fully saturated rings. The van der Waals surface area contributed by atoms with Crippen molar-refractivity contribution in [3.63, 3.8) is 0 Å². The van der Waals surface area contributed by atoms with Crippen molar-refractivity contribution in [2.24, 2.45) is 17.8 Å². The van der Waals surface area contributed by atoms with Gasteiger partial charge < -0.3 is 33.8 Å². The molecule has 8 rings (SSSR count). The summed E-state index contributed by atoms with van der Waals surface area (Å²) < 4.78 is 23.4. The van der Waals surface area contributed by atoms with Crippen molar-refractivity contribution in [2.45, 2.75) is 83.8 Å². The standard InChI is InChI=1S/C42H50N4O9/c1-8-46(9-2)34-27-18-24-17-25-30(28(53-40(50)54-41(3,4)5)19-26-32-23(15-16-44(32)6)20-45(7)33(25)26)35(47)29(24)37(48)42(27,51)38(49)31-36(34)55-43-39(31)52-21-22-13-11-10-12-14-22/h10-14,19,23-24,27,32,34,47,51H,8-9,15-18,20-21H2,1-7H3/t23?,24-,27-,32?,34-,42-/m0/s1. The average Bonchev–Trinajstić information content (AvgIpc) is 3.73. The van der Waals surface area contributed by atoms with Gasteiger partial charge in [0, 0.05) is 36.8 Å². The molecule has 6 atom stereocenters. The van der Waals surface area contributed by atoms with Gasteiger partial charge in [0.2, 0.25) is 11.6 Å². The number of ketones is 2. The molecular formula is C42H50N4O9. The number of rotatable bonds is 7. The van der Waals surface area contributed by atoms with Gasteiger partial charge >= 0.3 is 6.16 Å². The monoisotopic (exact) mass is 754 g/mol. The van der Waals surface area contributed by atoms with E-state index >= 15 is 4.79 Å². The second-order valence-corrected chi connectivity index (χ2v) is 16.7. The highest BCUT2D eigenvalue weighted by Crippen LogP contribution is 2.59. The molecule has 2 aliphatic heterocycles. The Labute approximate surface area is 320 Å². The number of likely N-dealkylation sites (tertiary alicyclic amines) is 1. The number of carbonyl (C=O) groups is 3. The maximum absolute atomic E-state index is 15.0. The molecule has 0 spiro atoms. The molecule has 13 heteroatoms. The average molecular weight is 755 g/mol. The molecule has 0 radical (unpaired) electrons. The first kappa shape index (κ1) is 37.2. The molecule has 3 aliphatic carbocycles. The summed E-state index contributed by atoms with van der Waals surface area (Å²) in [5, 5.41) is 29.3. The van der Waals surface area contributed by atoms with Crippen LogP contribution in [-0.2, 0) is 22.6 Å². The number of aromatic nitrogens is 1. The third-order valence-corrected chi connectivity index (χ3v) is 12.3. The minimum absolute atomic E-state index is 0.0622. The molecule has 5 aliphatic rings. The summed E-state index contributed by atoms with van der Waals surface area (Å²) in [6.07, 6.45) is 0.563. The molecule has 3 aromatic rings. The summed E-state index contributed by atoms with van der Waals surface area (Å²) in [6, 6.07) is 10.5. The van der Waals surface area contributed by atoms with Crippen LogP contribution < -0.4 is 14.4 Å². The molecule has 2 aromatic carbocycles. The maximum Gasteiger partial charge on any atom is 0.514 e. The van der Waals surface area contributed by atoms with Crippen molar-refractivity contribution in [3.05, 3.63) is 75.5 Å². The van der Waals surface area contributed by atoms with Crippen LogP contribution in [0.3, 0.4) is 0 Å². The van der Waals surface area contributed by atoms with Crippen LogP contribution in [0.2, 0.25) is 0 Å². The Bertz CT molecular complexity index is 2080. The minimum atomic E-state index is -2.56. The number of benzene rings is 2. The predicted octanol–water partition coefficient (Wildman–Crippen LogP) is 6.05. The first-order valence-corrected chi connectivity index (χ1v) is 19.4. The summed E-state index contributed by atoms with van der Waals surface area (Å²) in [6.45, 7) is 12.0. The first-order chi connectivity index (χ1) is 26.2. The SMILES string of the molecule is CCN(CC)[C@@H]1c2onc(OCc3ccccc3)c2C(=O)[C@@]2(O)C(=O)C3=C(O)c4c(OC(=O)OC(C)(C)C)cc5c(c4C[C@H]3C[C@@H]12)N(C)CC1CCN(C)C51. The van der Waals surface area contributed by atoms with Crippen molar-refractivity contribution in [1.82, 2.24) is 15.0 Å². The molecule has 1 saturated carbocycles. The Balaban J connectivity index is 1.27. The van der Waals surface area contributed by atoms with E-state index in [0.29, 0.717) is 25.4 Å². The van der Waals surface area contributed by atoms with Crippen molar-refractivity contribution in [2.75, 3.05) is 45.2 Å². The van der Waals surface area contributed by atoms with Crippen molar-refractivity contribution in [1.29, 1.82) is 0 Å². The minimum Gasteiger partial charge on any atom is -0.507 e. The lowest BCUT2D eigenvalue weighted by molar-refractivity contribution is -0.143. The van der Waals surface area contributed by atoms with Gasteiger partial charge in [-0.1, -0.05) is 44.2 Å². The van der Waals surface area contributed by atoms with Crippen LogP contribution in [0, 0.1) is 17.8 Å². The quantitative estimate of drug-likeness (QED) is 0.164. The Morgan fingerprint density at radius 2 is 1.82 bits per heavy atom. The topological polar surface area (TPSA) is 155 Å². The lowest BCUT2D eigenvalue weighted by Gasteiger charge is -2.50. The largest absolute Gasteiger partial charge is 0.514 e. The molecule has 13 nitrogen and oxygen atoms in total. The number of anilines is 1. The summed E-state index contributed by atoms with van der Waals surface area (Å²) >= 11 is 0. The van der Waals surface area contributed by atoms with Gasteiger partial charge in [0.1, 0.15) is 29.3 Å². The molecule has 3 heterocycles. The lowest BCUT2D eigenvalue weighted by Crippen LogP contribution is -2.63. The summed E-state index contributed by atoms with van der Waals surface area (Å²) in [4.78, 5) is 49.5. The van der Waals surface area contributed by atoms with Gasteiger partial charge in [-0.15, -0.1) is 0 Å². The van der Waals surface area contributed by atoms with Crippen LogP contribution in [0.1, 0.15) is 97.9 Å². The van der Waals surface area contributed by atoms with Gasteiger partial charge in [-0.25, -0.2) is 4.79 Å². The zero-order valence-electron chi connectivity index (χ0n) is 32.5. The van der Waals surface area contributed by atoms with Crippen molar-refractivity contribution >= 4 is 29.2 Å². The number of nitrogens with zero attached hydrogens (tertiary/aromatic N) is 4. The number of aliphatic hydroxyl groups is 2. The zero-order valence-corrected chi connectivity index (χ0v) is 32.5. The summed E-state index contributed by atoms with van der Waals surface area (Å²) in [7, 11) is 4.12. The molecular weight excluding hydrogens is 704 g/mol. The maximum atomic E-state index is 15.0. The highest BCUT2D eigenvalue weighted by atomic mass is 16.7. The molecule has 0 amide bonds. The third-order valence-electron chi connectivity index (χ3n) is 12.3. The van der Waals surface area contributed by atoms with Crippen LogP contribution in [-0.4, -0.2) is 94.4 Å². The molecule has 2 N–H and O–H groups in total. The summed E-state index contributed by atoms with van der Waals surface area (Å²) in [5.41, 5.74) is 0.136. The van der Waals surface area contributed by atoms with Gasteiger partial charge in [0.25, 0.3) is 5.88 Å². The van der Waals surface area contributed by atoms with Crippen LogP contribution >= 0.6 is 0 Å². The number of aliphatic hydroxyl groups excluding tert-OH is 1. The van der Waals surface area contributed by atoms with Gasteiger partial charge in [0.15, 0.2) is 11.4 Å². The Kier molecular flexibility index (Phi) is 9.13. The van der Waals surface area contributed by atoms with E-state index in [0.717, 1.165) is 41.9 Å². The van der Waals surface area contributed by atoms with Crippen LogP contribution in [0.4, 0.5) is 10.5 Å². The number of hydrogen-bond donors (Lipinski definition) is 2. The van der Waals surface area contributed by atoms with E-state index in [4.69, 9.17) is 18.7 Å². The predicted molar refractivity (Wildman–Crippen MR) is 202 cm³/mol. The molecule has 292 valence electrons. The van der Waals surface area contributed by atoms with E-state index in [-0.39, 0.29) is 53.2 Å². The number of Topliss-reactive ketones (excluding diaryl/α,β-unsaturated/α-hetero) is 2. The van der Waals surface area contributed by atoms with Crippen molar-refractivity contribution < 1.29 is 43.3 Å². The fourth-order valence-electron chi connectivity index (χ4n) is 10.0. The van der Waals surface area contributed by atoms with E-state index < -0.39 is 52.6 Å². The molecule has 2 unspecified atom stereocenters. The second-order valence-electron chi connectivity index (χ2n) is 16.7. The number of fused-ring (bicyclic) bond motifs is 8. The first-order valence-electron chi connectivity index (χ1n) is 19.4. The van der Waals surface area contributed by atoms with E-state index in [1.165, 1.54) is 0 Å². The number of carbonyl (C=O) groups excluding carboxylic acids is 3. The molecule has 1 aromatic heterocycles. The Morgan fingerprint density at radius 1 is 1.09 bits per heavy atom. The molecule has 0 bridgehead atoms. The van der Waals surface area contributed by atoms with E-state index in [1.807, 2.05) is 51.2 Å². The van der Waals surface area contributed by atoms with Crippen LogP contribution in [0.5, 0.6) is 11.6 Å². The normalized spacial score (nSPS) is 27.2. The Morgan fingerprint density at radius 3 is 2.51 bits per heavy atom. The smallest absolute Gasteiger partial charge is 0.507 e. The number of hydrogen-bond acceptors (Lipinski definition) is 13. The second kappa shape index (κ2) is 13.5. The molecule has 55 heavy (non-hydrogen) atoms. The fraction of sp³-hybridized carbons (Fsp3) is 0.524. The lowest BCUT2D eigenvalue weighted by atomic mass is 9.57. The molecule has 1 saturated heterocycles. The van der Waals surface area contributed by atoms with Gasteiger partial charge in [-0.2, -0.15) is 0 Å². The third kappa shape index (κ3) is 5.85. The highest BCUT2D eigenvalue weighted by molar-refractivity contribution is 6.26. The van der Waals surface area contributed by atoms with Gasteiger partial charge in [-0.05, 0) is 106 Å². The van der Waals surface area contributed by atoms with Crippen molar-refractivity contribution in [3.8, 4) is 11.6 Å². The van der Waals surface area contributed by atoms with Gasteiger partial charge in [0.05, 0.1) is 11.6 Å². The Hall–Kier alpha value is -4.72. The summed E-state index contributed by atoms with van der Waals surface area (Å²) in [5.74, 6) is -3.09. The zero-order chi connectivity index (χ0) is 39.1. The van der Waals surface area contributed by atoms with E-state index in [2.05, 4.69) is 26.9 Å². The van der Waals surface area contributed by atoms with E-state index in [1.54, 1.807) is 26.8 Å². The highest BCUT2D eigenvalue weighted by Gasteiger charge is 2.66. The van der Waals surface area contributed by atoms with Crippen LogP contribution in [0.15, 0.2) is 46.5 Å². The van der Waals surface area contributed by atoms with Crippen LogP contribution in [0.25, 0.3) is 5.76 Å². The van der Waals surface area contributed by atoms with E-state index in [9.17, 15) is 19.8 Å². The number of ether oxygens (including phenoxy) is 3. The van der Waals surface area contributed by atoms with Gasteiger partial charge in [-0.3, -0.25) is 19.4 Å².